The van der Waals surface area contributed by atoms with Gasteiger partial charge in [-0.05, 0) is 67.1 Å². The van der Waals surface area contributed by atoms with E-state index in [2.05, 4.69) is 26.6 Å². The summed E-state index contributed by atoms with van der Waals surface area (Å²) in [4.78, 5) is 12.2. The summed E-state index contributed by atoms with van der Waals surface area (Å²) in [5.41, 5.74) is 2.59. The third-order valence-electron chi connectivity index (χ3n) is 4.21. The van der Waals surface area contributed by atoms with Gasteiger partial charge in [-0.1, -0.05) is 45.2 Å². The predicted molar refractivity (Wildman–Crippen MR) is 130 cm³/mol. The average molecular weight is 524 g/mol. The number of carbonyl (C=O) groups excluding carboxylic acids is 1. The topological polar surface area (TPSA) is 59.6 Å². The van der Waals surface area contributed by atoms with Gasteiger partial charge in [0.25, 0.3) is 5.91 Å². The number of rotatable bonds is 9. The van der Waals surface area contributed by atoms with E-state index in [4.69, 9.17) is 32.7 Å². The lowest BCUT2D eigenvalue weighted by molar-refractivity contribution is -0.118. The molecule has 3 aromatic rings. The summed E-state index contributed by atoms with van der Waals surface area (Å²) in [6.45, 7) is 2.83. The Hall–Kier alpha value is -2.41. The van der Waals surface area contributed by atoms with Gasteiger partial charge in [-0.2, -0.15) is 0 Å². The molecule has 0 bridgehead atoms. The van der Waals surface area contributed by atoms with Crippen LogP contribution in [0.15, 0.2) is 65.1 Å². The zero-order chi connectivity index (χ0) is 22.2. The van der Waals surface area contributed by atoms with Crippen molar-refractivity contribution in [3.8, 4) is 11.5 Å². The first-order valence-electron chi connectivity index (χ1n) is 9.57. The van der Waals surface area contributed by atoms with Gasteiger partial charge < -0.3 is 20.1 Å². The first-order valence-corrected chi connectivity index (χ1v) is 11.1. The fourth-order valence-corrected chi connectivity index (χ4v) is 3.30. The molecule has 2 N–H and O–H groups in total. The Morgan fingerprint density at radius 2 is 1.65 bits per heavy atom. The van der Waals surface area contributed by atoms with E-state index in [9.17, 15) is 4.79 Å². The first kappa shape index (κ1) is 23.3. The second-order valence-electron chi connectivity index (χ2n) is 6.54. The molecule has 1 amide bonds. The van der Waals surface area contributed by atoms with Crippen molar-refractivity contribution in [3.05, 3.63) is 80.7 Å². The van der Waals surface area contributed by atoms with Crippen molar-refractivity contribution in [1.29, 1.82) is 0 Å². The number of halogens is 3. The first-order chi connectivity index (χ1) is 14.9. The summed E-state index contributed by atoms with van der Waals surface area (Å²) in [6, 6.07) is 18.5. The number of hydrogen-bond donors (Lipinski definition) is 2. The van der Waals surface area contributed by atoms with Crippen molar-refractivity contribution in [2.24, 2.45) is 0 Å². The highest BCUT2D eigenvalue weighted by Crippen LogP contribution is 2.29. The Labute approximate surface area is 199 Å². The van der Waals surface area contributed by atoms with Gasteiger partial charge in [-0.25, -0.2) is 0 Å². The van der Waals surface area contributed by atoms with Crippen molar-refractivity contribution < 1.29 is 14.3 Å². The van der Waals surface area contributed by atoms with Crippen LogP contribution in [0.5, 0.6) is 11.5 Å². The molecule has 0 fully saturated rings. The molecule has 3 aromatic carbocycles. The third kappa shape index (κ3) is 7.06. The van der Waals surface area contributed by atoms with E-state index < -0.39 is 0 Å². The minimum Gasteiger partial charge on any atom is -0.490 e. The summed E-state index contributed by atoms with van der Waals surface area (Å²) in [5, 5.41) is 6.88. The molecule has 0 unspecified atom stereocenters. The van der Waals surface area contributed by atoms with Crippen molar-refractivity contribution in [2.45, 2.75) is 13.5 Å². The van der Waals surface area contributed by atoms with Crippen LogP contribution in [0.1, 0.15) is 12.5 Å². The SMILES string of the molecule is CCOc1cc(CNc2ccc(Br)cc2)ccc1OCC(=O)Nc1ccc(Cl)c(Cl)c1. The lowest BCUT2D eigenvalue weighted by Gasteiger charge is -2.14. The second kappa shape index (κ2) is 11.3. The molecule has 8 heteroatoms. The molecular formula is C23H21BrCl2N2O3. The normalized spacial score (nSPS) is 10.5. The smallest absolute Gasteiger partial charge is 0.262 e. The van der Waals surface area contributed by atoms with Crippen molar-refractivity contribution >= 4 is 56.4 Å². The Morgan fingerprint density at radius 1 is 0.903 bits per heavy atom. The quantitative estimate of drug-likeness (QED) is 0.324. The minimum atomic E-state index is -0.318. The lowest BCUT2D eigenvalue weighted by atomic mass is 10.2. The second-order valence-corrected chi connectivity index (χ2v) is 8.27. The van der Waals surface area contributed by atoms with Crippen molar-refractivity contribution in [2.75, 3.05) is 23.8 Å². The van der Waals surface area contributed by atoms with E-state index in [0.29, 0.717) is 40.4 Å². The Kier molecular flexibility index (Phi) is 8.46. The van der Waals surface area contributed by atoms with Crippen LogP contribution < -0.4 is 20.1 Å². The van der Waals surface area contributed by atoms with E-state index in [0.717, 1.165) is 15.7 Å². The molecule has 0 saturated heterocycles. The molecule has 0 heterocycles. The summed E-state index contributed by atoms with van der Waals surface area (Å²) in [6.07, 6.45) is 0. The zero-order valence-corrected chi connectivity index (χ0v) is 19.9. The standard InChI is InChI=1S/C23H21BrCl2N2O3/c1-2-30-22-11-15(13-27-17-6-4-16(24)5-7-17)3-10-21(22)31-14-23(29)28-18-8-9-19(25)20(26)12-18/h3-12,27H,2,13-14H2,1H3,(H,28,29). The highest BCUT2D eigenvalue weighted by atomic mass is 79.9. The van der Waals surface area contributed by atoms with Gasteiger partial charge >= 0.3 is 0 Å². The van der Waals surface area contributed by atoms with Gasteiger partial charge in [0, 0.05) is 22.4 Å². The van der Waals surface area contributed by atoms with Gasteiger partial charge in [0.15, 0.2) is 18.1 Å². The van der Waals surface area contributed by atoms with Crippen LogP contribution in [0.25, 0.3) is 0 Å². The molecule has 0 aromatic heterocycles. The summed E-state index contributed by atoms with van der Waals surface area (Å²) in [7, 11) is 0. The van der Waals surface area contributed by atoms with E-state index in [1.54, 1.807) is 24.3 Å². The number of nitrogens with one attached hydrogen (secondary N) is 2. The monoisotopic (exact) mass is 522 g/mol. The molecule has 3 rings (SSSR count). The molecule has 31 heavy (non-hydrogen) atoms. The van der Waals surface area contributed by atoms with Gasteiger partial charge in [-0.15, -0.1) is 0 Å². The maximum atomic E-state index is 12.2. The maximum absolute atomic E-state index is 12.2. The number of ether oxygens (including phenoxy) is 2. The zero-order valence-electron chi connectivity index (χ0n) is 16.8. The average Bonchev–Trinajstić information content (AvgIpc) is 2.75. The number of anilines is 2. The Balaban J connectivity index is 1.60. The van der Waals surface area contributed by atoms with E-state index >= 15 is 0 Å². The molecule has 0 aliphatic heterocycles. The third-order valence-corrected chi connectivity index (χ3v) is 5.48. The van der Waals surface area contributed by atoms with Crippen LogP contribution >= 0.6 is 39.1 Å². The van der Waals surface area contributed by atoms with E-state index in [1.165, 1.54) is 0 Å². The molecule has 162 valence electrons. The molecule has 0 aliphatic rings. The van der Waals surface area contributed by atoms with Crippen molar-refractivity contribution in [3.63, 3.8) is 0 Å². The van der Waals surface area contributed by atoms with Crippen LogP contribution in [0.3, 0.4) is 0 Å². The van der Waals surface area contributed by atoms with E-state index in [-0.39, 0.29) is 12.5 Å². The van der Waals surface area contributed by atoms with Gasteiger partial charge in [-0.3, -0.25) is 4.79 Å². The molecule has 0 saturated carbocycles. The summed E-state index contributed by atoms with van der Waals surface area (Å²) < 4.78 is 12.4. The molecule has 0 atom stereocenters. The highest BCUT2D eigenvalue weighted by molar-refractivity contribution is 9.10. The fraction of sp³-hybridized carbons (Fsp3) is 0.174. The number of amides is 1. The lowest BCUT2D eigenvalue weighted by Crippen LogP contribution is -2.20. The van der Waals surface area contributed by atoms with Crippen LogP contribution in [0, 0.1) is 0 Å². The van der Waals surface area contributed by atoms with Crippen LogP contribution in [0.4, 0.5) is 11.4 Å². The number of carbonyl (C=O) groups is 1. The molecule has 5 nitrogen and oxygen atoms in total. The number of hydrogen-bond acceptors (Lipinski definition) is 4. The van der Waals surface area contributed by atoms with Gasteiger partial charge in [0.05, 0.1) is 16.7 Å². The highest BCUT2D eigenvalue weighted by Gasteiger charge is 2.10. The van der Waals surface area contributed by atoms with Gasteiger partial charge in [0.2, 0.25) is 0 Å². The van der Waals surface area contributed by atoms with Gasteiger partial charge in [0.1, 0.15) is 0 Å². The Morgan fingerprint density at radius 3 is 2.35 bits per heavy atom. The maximum Gasteiger partial charge on any atom is 0.262 e. The summed E-state index contributed by atoms with van der Waals surface area (Å²) >= 11 is 15.3. The van der Waals surface area contributed by atoms with Crippen molar-refractivity contribution in [1.82, 2.24) is 0 Å². The van der Waals surface area contributed by atoms with E-state index in [1.807, 2.05) is 43.3 Å². The molecule has 0 aliphatic carbocycles. The van der Waals surface area contributed by atoms with Crippen LogP contribution in [0.2, 0.25) is 10.0 Å². The van der Waals surface area contributed by atoms with Crippen LogP contribution in [-0.4, -0.2) is 19.1 Å². The minimum absolute atomic E-state index is 0.170. The fourth-order valence-electron chi connectivity index (χ4n) is 2.74. The molecule has 0 spiro atoms. The molecule has 0 radical (unpaired) electrons. The summed E-state index contributed by atoms with van der Waals surface area (Å²) in [5.74, 6) is 0.764. The Bertz CT molecular complexity index is 1050. The largest absolute Gasteiger partial charge is 0.490 e. The predicted octanol–water partition coefficient (Wildman–Crippen LogP) is 6.78. The van der Waals surface area contributed by atoms with Crippen LogP contribution in [-0.2, 0) is 11.3 Å². The number of benzene rings is 3. The molecular weight excluding hydrogens is 503 g/mol.